The minimum atomic E-state index is -0.503. The second-order valence-electron chi connectivity index (χ2n) is 9.64. The van der Waals surface area contributed by atoms with Gasteiger partial charge in [0.2, 0.25) is 0 Å². The minimum Gasteiger partial charge on any atom is -0.490 e. The van der Waals surface area contributed by atoms with Gasteiger partial charge in [-0.25, -0.2) is 9.18 Å². The monoisotopic (exact) mass is 462 g/mol. The molecule has 0 saturated carbocycles. The zero-order chi connectivity index (χ0) is 23.8. The number of ether oxygens (including phenoxy) is 3. The largest absolute Gasteiger partial charge is 0.490 e. The van der Waals surface area contributed by atoms with Crippen LogP contribution < -0.4 is 10.1 Å². The average molecular weight is 463 g/mol. The number of fused-ring (bicyclic) bond motifs is 2. The van der Waals surface area contributed by atoms with E-state index in [1.54, 1.807) is 6.07 Å². The molecule has 1 aromatic carbocycles. The predicted molar refractivity (Wildman–Crippen MR) is 122 cm³/mol. The van der Waals surface area contributed by atoms with E-state index in [0.29, 0.717) is 13.2 Å². The van der Waals surface area contributed by atoms with Crippen molar-refractivity contribution in [3.63, 3.8) is 0 Å². The first-order valence-corrected chi connectivity index (χ1v) is 11.6. The van der Waals surface area contributed by atoms with E-state index in [-0.39, 0.29) is 29.6 Å². The maximum atomic E-state index is 13.9. The van der Waals surface area contributed by atoms with E-state index in [0.717, 1.165) is 52.1 Å². The number of morpholine rings is 2. The van der Waals surface area contributed by atoms with Crippen LogP contribution in [0.4, 0.5) is 9.18 Å². The molecule has 1 amide bonds. The van der Waals surface area contributed by atoms with Crippen molar-refractivity contribution in [3.8, 4) is 11.8 Å². The zero-order valence-corrected chi connectivity index (χ0v) is 19.8. The molecule has 2 heterocycles. The number of nitrogens with zero attached hydrogens (tertiary/aromatic N) is 3. The van der Waals surface area contributed by atoms with Crippen molar-refractivity contribution in [2.24, 2.45) is 0 Å². The summed E-state index contributed by atoms with van der Waals surface area (Å²) in [5.41, 5.74) is -0.197. The number of carbonyl (C=O) groups excluding carboxylic acids is 1. The van der Waals surface area contributed by atoms with E-state index < -0.39 is 11.4 Å². The lowest BCUT2D eigenvalue weighted by Crippen LogP contribution is -2.59. The van der Waals surface area contributed by atoms with Gasteiger partial charge >= 0.3 is 6.09 Å². The van der Waals surface area contributed by atoms with Crippen molar-refractivity contribution in [3.05, 3.63) is 29.6 Å². The Morgan fingerprint density at radius 1 is 1.18 bits per heavy atom. The van der Waals surface area contributed by atoms with Crippen LogP contribution in [-0.4, -0.2) is 86.1 Å². The summed E-state index contributed by atoms with van der Waals surface area (Å²) in [7, 11) is 0. The molecule has 0 spiro atoms. The lowest BCUT2D eigenvalue weighted by molar-refractivity contribution is -0.138. The van der Waals surface area contributed by atoms with Crippen LogP contribution in [0.1, 0.15) is 39.2 Å². The summed E-state index contributed by atoms with van der Waals surface area (Å²) in [6.07, 6.45) is 1.63. The van der Waals surface area contributed by atoms with Crippen LogP contribution in [0.3, 0.4) is 0 Å². The van der Waals surface area contributed by atoms with Gasteiger partial charge in [-0.15, -0.1) is 0 Å². The van der Waals surface area contributed by atoms with Crippen molar-refractivity contribution in [2.45, 2.75) is 51.4 Å². The summed E-state index contributed by atoms with van der Waals surface area (Å²) in [4.78, 5) is 16.5. The number of amides is 1. The number of benzene rings is 1. The molecule has 8 nitrogen and oxygen atoms in total. The third kappa shape index (κ3) is 8.46. The van der Waals surface area contributed by atoms with Crippen LogP contribution in [-0.2, 0) is 9.47 Å². The first kappa shape index (κ1) is 25.2. The first-order valence-electron chi connectivity index (χ1n) is 11.6. The fourth-order valence-corrected chi connectivity index (χ4v) is 4.19. The standard InChI is InChI=1S/C24H35FN4O4/c1-24(2,3)33-23(30)27-8-4-9-28-14-19-16-29(17-20(15-28)32-19)10-5-11-31-22-7-6-18(13-26)12-21(22)25/h6-7,12,19-20H,4-5,8-11,14-17H2,1-3H3,(H,27,30). The summed E-state index contributed by atoms with van der Waals surface area (Å²) in [5, 5.41) is 11.6. The van der Waals surface area contributed by atoms with Gasteiger partial charge in [0, 0.05) is 45.8 Å². The van der Waals surface area contributed by atoms with Crippen molar-refractivity contribution in [1.29, 1.82) is 5.26 Å². The second-order valence-corrected chi connectivity index (χ2v) is 9.64. The average Bonchev–Trinajstić information content (AvgIpc) is 2.73. The molecular formula is C24H35FN4O4. The molecule has 2 aliphatic rings. The minimum absolute atomic E-state index is 0.174. The molecule has 9 heteroatoms. The van der Waals surface area contributed by atoms with E-state index in [1.165, 1.54) is 12.1 Å². The van der Waals surface area contributed by atoms with Crippen LogP contribution >= 0.6 is 0 Å². The van der Waals surface area contributed by atoms with Crippen LogP contribution in [0, 0.1) is 17.1 Å². The van der Waals surface area contributed by atoms with Gasteiger partial charge in [0.1, 0.15) is 5.60 Å². The highest BCUT2D eigenvalue weighted by Gasteiger charge is 2.34. The van der Waals surface area contributed by atoms with Gasteiger partial charge in [0.15, 0.2) is 11.6 Å². The van der Waals surface area contributed by atoms with Crippen molar-refractivity contribution < 1.29 is 23.4 Å². The third-order valence-corrected chi connectivity index (χ3v) is 5.49. The number of nitriles is 1. The van der Waals surface area contributed by atoms with Gasteiger partial charge in [-0.3, -0.25) is 9.80 Å². The van der Waals surface area contributed by atoms with Crippen molar-refractivity contribution in [1.82, 2.24) is 15.1 Å². The lowest BCUT2D eigenvalue weighted by Gasteiger charge is -2.46. The molecule has 2 bridgehead atoms. The number of halogens is 1. The van der Waals surface area contributed by atoms with Gasteiger partial charge in [0.05, 0.1) is 30.4 Å². The van der Waals surface area contributed by atoms with Crippen molar-refractivity contribution >= 4 is 6.09 Å². The number of carbonyl (C=O) groups is 1. The van der Waals surface area contributed by atoms with Crippen LogP contribution in [0.5, 0.6) is 5.75 Å². The Bertz CT molecular complexity index is 825. The molecule has 182 valence electrons. The van der Waals surface area contributed by atoms with Gasteiger partial charge in [-0.05, 0) is 51.8 Å². The zero-order valence-electron chi connectivity index (χ0n) is 19.8. The van der Waals surface area contributed by atoms with Crippen LogP contribution in [0.25, 0.3) is 0 Å². The number of rotatable bonds is 9. The number of hydrogen-bond donors (Lipinski definition) is 1. The van der Waals surface area contributed by atoms with Crippen LogP contribution in [0.2, 0.25) is 0 Å². The number of nitrogens with one attached hydrogen (secondary N) is 1. The Labute approximate surface area is 195 Å². The first-order chi connectivity index (χ1) is 15.7. The number of hydrogen-bond acceptors (Lipinski definition) is 7. The Balaban J connectivity index is 1.30. The highest BCUT2D eigenvalue weighted by molar-refractivity contribution is 5.67. The normalized spacial score (nSPS) is 21.3. The molecule has 1 N–H and O–H groups in total. The molecule has 2 saturated heterocycles. The van der Waals surface area contributed by atoms with Gasteiger partial charge in [-0.2, -0.15) is 5.26 Å². The Morgan fingerprint density at radius 3 is 2.39 bits per heavy atom. The highest BCUT2D eigenvalue weighted by atomic mass is 19.1. The maximum Gasteiger partial charge on any atom is 0.407 e. The topological polar surface area (TPSA) is 87.1 Å². The SMILES string of the molecule is CC(C)(C)OC(=O)NCCCN1CC2CN(CCCOc3ccc(C#N)cc3F)CC(C1)O2. The van der Waals surface area contributed by atoms with E-state index in [4.69, 9.17) is 19.5 Å². The van der Waals surface area contributed by atoms with E-state index in [2.05, 4.69) is 15.1 Å². The van der Waals surface area contributed by atoms with Gasteiger partial charge in [-0.1, -0.05) is 0 Å². The molecule has 2 atom stereocenters. The molecule has 3 rings (SSSR count). The molecule has 33 heavy (non-hydrogen) atoms. The molecule has 2 fully saturated rings. The van der Waals surface area contributed by atoms with Crippen LogP contribution in [0.15, 0.2) is 18.2 Å². The molecule has 1 aromatic rings. The van der Waals surface area contributed by atoms with Gasteiger partial charge < -0.3 is 19.5 Å². The van der Waals surface area contributed by atoms with E-state index in [1.807, 2.05) is 26.8 Å². The number of alkyl carbamates (subject to hydrolysis) is 1. The second kappa shape index (κ2) is 11.6. The Kier molecular flexibility index (Phi) is 8.89. The summed E-state index contributed by atoms with van der Waals surface area (Å²) < 4.78 is 30.8. The third-order valence-electron chi connectivity index (χ3n) is 5.49. The fourth-order valence-electron chi connectivity index (χ4n) is 4.19. The Morgan fingerprint density at radius 2 is 1.82 bits per heavy atom. The van der Waals surface area contributed by atoms with Crippen molar-refractivity contribution in [2.75, 3.05) is 52.4 Å². The molecule has 0 aliphatic carbocycles. The molecule has 2 unspecified atom stereocenters. The molecule has 2 aliphatic heterocycles. The fraction of sp³-hybridized carbons (Fsp3) is 0.667. The van der Waals surface area contributed by atoms with E-state index in [9.17, 15) is 9.18 Å². The van der Waals surface area contributed by atoms with Gasteiger partial charge in [0.25, 0.3) is 0 Å². The quantitative estimate of drug-likeness (QED) is 0.565. The smallest absolute Gasteiger partial charge is 0.407 e. The predicted octanol–water partition coefficient (Wildman–Crippen LogP) is 2.77. The highest BCUT2D eigenvalue weighted by Crippen LogP contribution is 2.21. The summed E-state index contributed by atoms with van der Waals surface area (Å²) in [6.45, 7) is 11.9. The lowest BCUT2D eigenvalue weighted by atomic mass is 10.1. The maximum absolute atomic E-state index is 13.9. The summed E-state index contributed by atoms with van der Waals surface area (Å²) in [5.74, 6) is -0.319. The molecular weight excluding hydrogens is 427 g/mol. The summed E-state index contributed by atoms with van der Waals surface area (Å²) >= 11 is 0. The Hall–Kier alpha value is -2.41. The molecule has 0 radical (unpaired) electrons. The molecule has 0 aromatic heterocycles. The van der Waals surface area contributed by atoms with E-state index >= 15 is 0 Å². The summed E-state index contributed by atoms with van der Waals surface area (Å²) in [6, 6.07) is 6.17.